The van der Waals surface area contributed by atoms with Crippen molar-refractivity contribution in [2.75, 3.05) is 30.8 Å². The molecule has 90 valence electrons. The average molecular weight is 250 g/mol. The van der Waals surface area contributed by atoms with Crippen LogP contribution in [0.3, 0.4) is 0 Å². The topological polar surface area (TPSA) is 73.1 Å². The summed E-state index contributed by atoms with van der Waals surface area (Å²) < 4.78 is 5.35. The zero-order valence-electron chi connectivity index (χ0n) is 9.35. The van der Waals surface area contributed by atoms with Crippen molar-refractivity contribution >= 4 is 33.3 Å². The summed E-state index contributed by atoms with van der Waals surface area (Å²) in [5, 5.41) is 6.40. The van der Waals surface area contributed by atoms with Crippen LogP contribution in [0.1, 0.15) is 6.42 Å². The summed E-state index contributed by atoms with van der Waals surface area (Å²) in [5.41, 5.74) is 5.69. The van der Waals surface area contributed by atoms with E-state index in [0.717, 1.165) is 42.2 Å². The molecule has 3 heterocycles. The lowest BCUT2D eigenvalue weighted by Crippen LogP contribution is -2.15. The Balaban J connectivity index is 1.81. The van der Waals surface area contributed by atoms with Gasteiger partial charge < -0.3 is 15.8 Å². The first-order chi connectivity index (χ1) is 8.33. The van der Waals surface area contributed by atoms with Gasteiger partial charge in [-0.05, 0) is 17.9 Å². The van der Waals surface area contributed by atoms with Crippen LogP contribution in [0.4, 0.5) is 11.8 Å². The second kappa shape index (κ2) is 4.46. The Labute approximate surface area is 103 Å². The summed E-state index contributed by atoms with van der Waals surface area (Å²) in [5.74, 6) is 1.73. The number of hydrogen-bond donors (Lipinski definition) is 2. The van der Waals surface area contributed by atoms with Gasteiger partial charge in [0, 0.05) is 19.1 Å². The number of ether oxygens (including phenoxy) is 1. The minimum absolute atomic E-state index is 0.324. The van der Waals surface area contributed by atoms with E-state index in [2.05, 4.69) is 15.3 Å². The van der Waals surface area contributed by atoms with Gasteiger partial charge in [-0.2, -0.15) is 4.98 Å². The predicted molar refractivity (Wildman–Crippen MR) is 69.2 cm³/mol. The maximum absolute atomic E-state index is 5.69. The number of rotatable bonds is 3. The van der Waals surface area contributed by atoms with E-state index in [9.17, 15) is 0 Å². The molecule has 0 amide bonds. The van der Waals surface area contributed by atoms with Gasteiger partial charge in [0.1, 0.15) is 10.6 Å². The van der Waals surface area contributed by atoms with Crippen molar-refractivity contribution in [3.63, 3.8) is 0 Å². The largest absolute Gasteiger partial charge is 0.381 e. The summed E-state index contributed by atoms with van der Waals surface area (Å²) in [6.07, 6.45) is 1.11. The van der Waals surface area contributed by atoms with E-state index >= 15 is 0 Å². The molecular formula is C11H14N4OS. The van der Waals surface area contributed by atoms with Gasteiger partial charge in [-0.3, -0.25) is 0 Å². The van der Waals surface area contributed by atoms with Crippen molar-refractivity contribution in [2.24, 2.45) is 5.92 Å². The Hall–Kier alpha value is -1.40. The second-order valence-corrected chi connectivity index (χ2v) is 5.07. The van der Waals surface area contributed by atoms with Crippen LogP contribution in [0, 0.1) is 5.92 Å². The number of anilines is 2. The molecule has 0 saturated carbocycles. The zero-order chi connectivity index (χ0) is 11.7. The molecule has 1 atom stereocenters. The Morgan fingerprint density at radius 3 is 3.29 bits per heavy atom. The van der Waals surface area contributed by atoms with Crippen LogP contribution in [-0.2, 0) is 4.74 Å². The van der Waals surface area contributed by atoms with Gasteiger partial charge in [0.15, 0.2) is 0 Å². The predicted octanol–water partition coefficient (Wildman–Crippen LogP) is 1.72. The summed E-state index contributed by atoms with van der Waals surface area (Å²) >= 11 is 1.58. The molecule has 1 aliphatic rings. The van der Waals surface area contributed by atoms with E-state index < -0.39 is 0 Å². The quantitative estimate of drug-likeness (QED) is 0.867. The standard InChI is InChI=1S/C11H14N4OS/c12-11-14-9(8-2-4-17-10(8)15-11)13-5-7-1-3-16-6-7/h2,4,7H,1,3,5-6H2,(H3,12,13,14,15). The molecule has 2 aromatic rings. The molecule has 1 unspecified atom stereocenters. The van der Waals surface area contributed by atoms with Crippen molar-refractivity contribution in [3.8, 4) is 0 Å². The lowest BCUT2D eigenvalue weighted by Gasteiger charge is -2.10. The minimum atomic E-state index is 0.324. The Bertz CT molecular complexity index is 521. The first-order valence-corrected chi connectivity index (χ1v) is 6.53. The highest BCUT2D eigenvalue weighted by Crippen LogP contribution is 2.26. The third kappa shape index (κ3) is 2.18. The monoisotopic (exact) mass is 250 g/mol. The Kier molecular flexibility index (Phi) is 2.82. The smallest absolute Gasteiger partial charge is 0.223 e. The second-order valence-electron chi connectivity index (χ2n) is 4.18. The highest BCUT2D eigenvalue weighted by molar-refractivity contribution is 7.16. The number of nitrogens with one attached hydrogen (secondary N) is 1. The molecule has 0 aliphatic carbocycles. The molecule has 5 nitrogen and oxygen atoms in total. The molecule has 0 aromatic carbocycles. The summed E-state index contributed by atoms with van der Waals surface area (Å²) in [4.78, 5) is 9.39. The van der Waals surface area contributed by atoms with Crippen LogP contribution in [-0.4, -0.2) is 29.7 Å². The van der Waals surface area contributed by atoms with Crippen LogP contribution < -0.4 is 11.1 Å². The first kappa shape index (κ1) is 10.7. The van der Waals surface area contributed by atoms with Crippen LogP contribution in [0.5, 0.6) is 0 Å². The number of nitrogen functional groups attached to an aromatic ring is 1. The van der Waals surface area contributed by atoms with Gasteiger partial charge in [-0.25, -0.2) is 4.98 Å². The SMILES string of the molecule is Nc1nc(NCC2CCOC2)c2ccsc2n1. The van der Waals surface area contributed by atoms with E-state index in [0.29, 0.717) is 11.9 Å². The van der Waals surface area contributed by atoms with Gasteiger partial charge >= 0.3 is 0 Å². The van der Waals surface area contributed by atoms with Crippen LogP contribution >= 0.6 is 11.3 Å². The molecule has 1 fully saturated rings. The zero-order valence-corrected chi connectivity index (χ0v) is 10.2. The Morgan fingerprint density at radius 1 is 1.53 bits per heavy atom. The van der Waals surface area contributed by atoms with Crippen LogP contribution in [0.15, 0.2) is 11.4 Å². The van der Waals surface area contributed by atoms with Crippen LogP contribution in [0.25, 0.3) is 10.2 Å². The maximum atomic E-state index is 5.69. The van der Waals surface area contributed by atoms with E-state index in [-0.39, 0.29) is 0 Å². The highest BCUT2D eigenvalue weighted by Gasteiger charge is 2.16. The normalized spacial score (nSPS) is 19.9. The maximum Gasteiger partial charge on any atom is 0.223 e. The number of hydrogen-bond acceptors (Lipinski definition) is 6. The third-order valence-corrected chi connectivity index (χ3v) is 3.73. The molecule has 3 N–H and O–H groups in total. The van der Waals surface area contributed by atoms with Gasteiger partial charge in [-0.1, -0.05) is 0 Å². The minimum Gasteiger partial charge on any atom is -0.381 e. The summed E-state index contributed by atoms with van der Waals surface area (Å²) in [6.45, 7) is 2.58. The fourth-order valence-electron chi connectivity index (χ4n) is 1.99. The van der Waals surface area contributed by atoms with Crippen molar-refractivity contribution < 1.29 is 4.74 Å². The van der Waals surface area contributed by atoms with Gasteiger partial charge in [-0.15, -0.1) is 11.3 Å². The third-order valence-electron chi connectivity index (χ3n) is 2.92. The molecule has 6 heteroatoms. The highest BCUT2D eigenvalue weighted by atomic mass is 32.1. The molecule has 0 spiro atoms. The van der Waals surface area contributed by atoms with Gasteiger partial charge in [0.25, 0.3) is 0 Å². The van der Waals surface area contributed by atoms with Crippen molar-refractivity contribution in [2.45, 2.75) is 6.42 Å². The van der Waals surface area contributed by atoms with E-state index in [1.54, 1.807) is 11.3 Å². The fraction of sp³-hybridized carbons (Fsp3) is 0.455. The molecule has 1 aliphatic heterocycles. The van der Waals surface area contributed by atoms with Gasteiger partial charge in [0.05, 0.1) is 12.0 Å². The van der Waals surface area contributed by atoms with E-state index in [4.69, 9.17) is 10.5 Å². The molecule has 0 bridgehead atoms. The lowest BCUT2D eigenvalue weighted by atomic mass is 10.1. The number of nitrogens with two attached hydrogens (primary N) is 1. The first-order valence-electron chi connectivity index (χ1n) is 5.65. The number of fused-ring (bicyclic) bond motifs is 1. The molecule has 3 rings (SSSR count). The fourth-order valence-corrected chi connectivity index (χ4v) is 2.76. The number of aromatic nitrogens is 2. The molecule has 1 saturated heterocycles. The molecular weight excluding hydrogens is 236 g/mol. The number of thiophene rings is 1. The Morgan fingerprint density at radius 2 is 2.47 bits per heavy atom. The van der Waals surface area contributed by atoms with Crippen molar-refractivity contribution in [3.05, 3.63) is 11.4 Å². The van der Waals surface area contributed by atoms with Gasteiger partial charge in [0.2, 0.25) is 5.95 Å². The number of nitrogens with zero attached hydrogens (tertiary/aromatic N) is 2. The molecule has 2 aromatic heterocycles. The van der Waals surface area contributed by atoms with E-state index in [1.165, 1.54) is 0 Å². The van der Waals surface area contributed by atoms with Crippen molar-refractivity contribution in [1.82, 2.24) is 9.97 Å². The summed E-state index contributed by atoms with van der Waals surface area (Å²) in [6, 6.07) is 2.02. The molecule has 0 radical (unpaired) electrons. The molecule has 17 heavy (non-hydrogen) atoms. The lowest BCUT2D eigenvalue weighted by molar-refractivity contribution is 0.187. The van der Waals surface area contributed by atoms with Crippen molar-refractivity contribution in [1.29, 1.82) is 0 Å². The average Bonchev–Trinajstić information content (AvgIpc) is 2.95. The van der Waals surface area contributed by atoms with E-state index in [1.807, 2.05) is 11.4 Å². The summed E-state index contributed by atoms with van der Waals surface area (Å²) in [7, 11) is 0. The van der Waals surface area contributed by atoms with Crippen LogP contribution in [0.2, 0.25) is 0 Å².